The van der Waals surface area contributed by atoms with Gasteiger partial charge in [-0.05, 0) is 6.08 Å². The second-order valence-corrected chi connectivity index (χ2v) is 7.44. The number of carbonyl (C=O) groups is 1. The predicted octanol–water partition coefficient (Wildman–Crippen LogP) is -3.12. The molecular weight excluding hydrogens is 371 g/mol. The number of hydrogen-bond acceptors (Lipinski definition) is 2. The third-order valence-corrected chi connectivity index (χ3v) is 3.25. The van der Waals surface area contributed by atoms with Crippen LogP contribution in [-0.4, -0.2) is 69.9 Å². The van der Waals surface area contributed by atoms with Crippen LogP contribution in [0.25, 0.3) is 0 Å². The zero-order chi connectivity index (χ0) is 18.6. The molecule has 1 aromatic carbocycles. The number of quaternary nitrogens is 2. The summed E-state index contributed by atoms with van der Waals surface area (Å²) >= 11 is 0. The van der Waals surface area contributed by atoms with Gasteiger partial charge in [-0.25, -0.2) is 4.79 Å². The monoisotopic (exact) mass is 404 g/mol. The van der Waals surface area contributed by atoms with E-state index in [2.05, 4.69) is 57.6 Å². The van der Waals surface area contributed by atoms with E-state index in [1.165, 1.54) is 11.6 Å². The Morgan fingerprint density at radius 3 is 2.00 bits per heavy atom. The lowest BCUT2D eigenvalue weighted by atomic mass is 10.2. The molecule has 1 aromatic rings. The Morgan fingerprint density at radius 1 is 1.04 bits per heavy atom. The molecule has 6 heteroatoms. The average molecular weight is 405 g/mol. The van der Waals surface area contributed by atoms with Crippen molar-refractivity contribution in [3.63, 3.8) is 0 Å². The highest BCUT2D eigenvalue weighted by atomic mass is 35.5. The molecule has 0 aliphatic rings. The van der Waals surface area contributed by atoms with E-state index in [1.807, 2.05) is 27.2 Å². The van der Waals surface area contributed by atoms with E-state index in [0.29, 0.717) is 6.61 Å². The van der Waals surface area contributed by atoms with Crippen LogP contribution in [0.15, 0.2) is 55.6 Å². The molecule has 0 bridgehead atoms. The molecule has 4 nitrogen and oxygen atoms in total. The molecule has 0 atom stereocenters. The summed E-state index contributed by atoms with van der Waals surface area (Å²) in [6.07, 6.45) is 3.15. The van der Waals surface area contributed by atoms with Gasteiger partial charge in [-0.3, -0.25) is 0 Å². The highest BCUT2D eigenvalue weighted by Crippen LogP contribution is 2.08. The SMILES string of the molecule is C=CC(=O)OCC[N+](C)(C)C.C=CC[N+](C)(C)Cc1ccccc1.[Cl-].[Cl-]. The van der Waals surface area contributed by atoms with Gasteiger partial charge in [-0.1, -0.05) is 43.5 Å². The van der Waals surface area contributed by atoms with Crippen LogP contribution in [0.4, 0.5) is 0 Å². The summed E-state index contributed by atoms with van der Waals surface area (Å²) in [5.74, 6) is -0.349. The summed E-state index contributed by atoms with van der Waals surface area (Å²) < 4.78 is 6.56. The maximum absolute atomic E-state index is 10.6. The summed E-state index contributed by atoms with van der Waals surface area (Å²) in [7, 11) is 10.6. The van der Waals surface area contributed by atoms with Gasteiger partial charge >= 0.3 is 5.97 Å². The van der Waals surface area contributed by atoms with Gasteiger partial charge in [-0.2, -0.15) is 0 Å². The molecule has 0 unspecified atom stereocenters. The number of benzene rings is 1. The van der Waals surface area contributed by atoms with Gasteiger partial charge in [0.05, 0.1) is 41.8 Å². The van der Waals surface area contributed by atoms with Crippen LogP contribution in [0.5, 0.6) is 0 Å². The fourth-order valence-corrected chi connectivity index (χ4v) is 1.97. The van der Waals surface area contributed by atoms with E-state index < -0.39 is 0 Å². The number of nitrogens with zero attached hydrogens (tertiary/aromatic N) is 2. The number of carbonyl (C=O) groups excluding carboxylic acids is 1. The number of rotatable bonds is 8. The maximum Gasteiger partial charge on any atom is 0.330 e. The molecule has 0 heterocycles. The molecule has 0 saturated carbocycles. The molecule has 150 valence electrons. The lowest BCUT2D eigenvalue weighted by molar-refractivity contribution is -0.897. The standard InChI is InChI=1S/C12H18N.C8H16NO2.2ClH/c1-4-10-13(2,3)11-12-8-6-5-7-9-12;1-5-8(10)11-7-6-9(2,3)4;;/h4-9H,1,10-11H2,2-3H3;5H,1,6-7H2,2-4H3;2*1H/q2*+1;;/p-2. The lowest BCUT2D eigenvalue weighted by Crippen LogP contribution is -3.00. The van der Waals surface area contributed by atoms with Crippen molar-refractivity contribution >= 4 is 5.97 Å². The molecular formula is C20H34Cl2N2O2. The maximum atomic E-state index is 10.6. The first-order valence-corrected chi connectivity index (χ1v) is 8.16. The Bertz CT molecular complexity index is 512. The largest absolute Gasteiger partial charge is 1.00 e. The molecule has 26 heavy (non-hydrogen) atoms. The second-order valence-electron chi connectivity index (χ2n) is 7.44. The van der Waals surface area contributed by atoms with Crippen LogP contribution in [0.1, 0.15) is 5.56 Å². The van der Waals surface area contributed by atoms with Crippen molar-refractivity contribution in [1.82, 2.24) is 0 Å². The van der Waals surface area contributed by atoms with Crippen LogP contribution in [-0.2, 0) is 16.1 Å². The molecule has 0 N–H and O–H groups in total. The third kappa shape index (κ3) is 17.5. The van der Waals surface area contributed by atoms with Gasteiger partial charge in [0.25, 0.3) is 0 Å². The summed E-state index contributed by atoms with van der Waals surface area (Å²) in [6.45, 7) is 10.4. The molecule has 0 aliphatic carbocycles. The average Bonchev–Trinajstić information content (AvgIpc) is 2.46. The van der Waals surface area contributed by atoms with Crippen LogP contribution >= 0.6 is 0 Å². The Hall–Kier alpha value is -1.33. The second kappa shape index (κ2) is 14.8. The van der Waals surface area contributed by atoms with Gasteiger partial charge in [0.2, 0.25) is 0 Å². The van der Waals surface area contributed by atoms with E-state index >= 15 is 0 Å². The smallest absolute Gasteiger partial charge is 0.330 e. The zero-order valence-corrected chi connectivity index (χ0v) is 18.3. The first-order chi connectivity index (χ1) is 11.1. The number of hydrogen-bond donors (Lipinski definition) is 0. The minimum absolute atomic E-state index is 0. The highest BCUT2D eigenvalue weighted by molar-refractivity contribution is 5.81. The van der Waals surface area contributed by atoms with E-state index in [1.54, 1.807) is 0 Å². The van der Waals surface area contributed by atoms with Gasteiger partial charge in [0.15, 0.2) is 0 Å². The lowest BCUT2D eigenvalue weighted by Gasteiger charge is -2.28. The first kappa shape index (κ1) is 29.4. The summed E-state index contributed by atoms with van der Waals surface area (Å²) in [5.41, 5.74) is 1.38. The van der Waals surface area contributed by atoms with Crippen molar-refractivity contribution in [3.8, 4) is 0 Å². The van der Waals surface area contributed by atoms with Gasteiger partial charge in [-0.15, -0.1) is 0 Å². The van der Waals surface area contributed by atoms with Gasteiger partial charge < -0.3 is 38.5 Å². The fourth-order valence-electron chi connectivity index (χ4n) is 1.97. The van der Waals surface area contributed by atoms with Gasteiger partial charge in [0, 0.05) is 11.6 Å². The van der Waals surface area contributed by atoms with E-state index in [4.69, 9.17) is 4.74 Å². The van der Waals surface area contributed by atoms with Crippen molar-refractivity contribution in [3.05, 3.63) is 61.2 Å². The van der Waals surface area contributed by atoms with Crippen LogP contribution in [0, 0.1) is 0 Å². The molecule has 0 aliphatic heterocycles. The van der Waals surface area contributed by atoms with Crippen molar-refractivity contribution < 1.29 is 43.3 Å². The number of likely N-dealkylation sites (N-methyl/N-ethyl adjacent to an activating group) is 2. The number of esters is 1. The summed E-state index contributed by atoms with van der Waals surface area (Å²) in [5, 5.41) is 0. The molecule has 0 fully saturated rings. The first-order valence-electron chi connectivity index (χ1n) is 8.16. The van der Waals surface area contributed by atoms with Crippen LogP contribution in [0.2, 0.25) is 0 Å². The molecule has 0 spiro atoms. The summed E-state index contributed by atoms with van der Waals surface area (Å²) in [6, 6.07) is 10.6. The topological polar surface area (TPSA) is 26.3 Å². The Labute approximate surface area is 172 Å². The quantitative estimate of drug-likeness (QED) is 0.198. The molecule has 0 amide bonds. The van der Waals surface area contributed by atoms with Crippen LogP contribution in [0.3, 0.4) is 0 Å². The third-order valence-electron chi connectivity index (χ3n) is 3.25. The molecule has 0 saturated heterocycles. The summed E-state index contributed by atoms with van der Waals surface area (Å²) in [4.78, 5) is 10.6. The van der Waals surface area contributed by atoms with E-state index in [0.717, 1.165) is 28.6 Å². The van der Waals surface area contributed by atoms with Crippen molar-refractivity contribution in [2.75, 3.05) is 54.9 Å². The van der Waals surface area contributed by atoms with Crippen molar-refractivity contribution in [1.29, 1.82) is 0 Å². The predicted molar refractivity (Wildman–Crippen MR) is 101 cm³/mol. The zero-order valence-electron chi connectivity index (χ0n) is 16.8. The van der Waals surface area contributed by atoms with E-state index in [-0.39, 0.29) is 30.8 Å². The van der Waals surface area contributed by atoms with Crippen LogP contribution < -0.4 is 24.8 Å². The molecule has 1 rings (SSSR count). The fraction of sp³-hybridized carbons (Fsp3) is 0.450. The molecule has 0 aromatic heterocycles. The van der Waals surface area contributed by atoms with Crippen molar-refractivity contribution in [2.45, 2.75) is 6.54 Å². The normalized spacial score (nSPS) is 10.2. The molecule has 0 radical (unpaired) electrons. The Morgan fingerprint density at radius 2 is 1.58 bits per heavy atom. The number of halogens is 2. The van der Waals surface area contributed by atoms with Crippen molar-refractivity contribution in [2.24, 2.45) is 0 Å². The highest BCUT2D eigenvalue weighted by Gasteiger charge is 2.12. The Kier molecular flexibility index (Phi) is 16.8. The van der Waals surface area contributed by atoms with Gasteiger partial charge in [0.1, 0.15) is 19.7 Å². The number of ether oxygens (including phenoxy) is 1. The van der Waals surface area contributed by atoms with E-state index in [9.17, 15) is 4.79 Å². The Balaban J connectivity index is -0.000000383. The minimum Gasteiger partial charge on any atom is -1.00 e. The minimum atomic E-state index is -0.349.